The van der Waals surface area contributed by atoms with Crippen LogP contribution >= 0.6 is 11.8 Å². The molecular weight excluding hydrogens is 199 g/mol. The van der Waals surface area contributed by atoms with E-state index in [1.807, 2.05) is 12.1 Å². The number of ether oxygens (including phenoxy) is 1. The van der Waals surface area contributed by atoms with Crippen molar-refractivity contribution in [3.63, 3.8) is 0 Å². The highest BCUT2D eigenvalue weighted by molar-refractivity contribution is 7.98. The van der Waals surface area contributed by atoms with Gasteiger partial charge in [-0.3, -0.25) is 0 Å². The van der Waals surface area contributed by atoms with Gasteiger partial charge in [0, 0.05) is 18.8 Å². The predicted octanol–water partition coefficient (Wildman–Crippen LogP) is 2.92. The molecule has 0 aromatic heterocycles. The number of halogens is 1. The van der Waals surface area contributed by atoms with Gasteiger partial charge in [0.05, 0.1) is 6.61 Å². The van der Waals surface area contributed by atoms with Crippen LogP contribution in [0.3, 0.4) is 0 Å². The molecule has 3 heteroatoms. The fraction of sp³-hybridized carbons (Fsp3) is 0.455. The summed E-state index contributed by atoms with van der Waals surface area (Å²) in [4.78, 5) is 0. The van der Waals surface area contributed by atoms with Gasteiger partial charge in [0.25, 0.3) is 0 Å². The van der Waals surface area contributed by atoms with Crippen LogP contribution in [0.25, 0.3) is 0 Å². The standard InChI is InChI=1S/C11H15FOS/c1-13-7-10(8-14-2)9-3-5-11(12)6-4-9/h3-6,10H,7-8H2,1-2H3. The van der Waals surface area contributed by atoms with Gasteiger partial charge in [-0.15, -0.1) is 0 Å². The van der Waals surface area contributed by atoms with Gasteiger partial charge >= 0.3 is 0 Å². The Kier molecular flexibility index (Phi) is 4.98. The summed E-state index contributed by atoms with van der Waals surface area (Å²) in [5.74, 6) is 1.17. The maximum atomic E-state index is 12.7. The highest BCUT2D eigenvalue weighted by atomic mass is 32.2. The van der Waals surface area contributed by atoms with Gasteiger partial charge in [0.15, 0.2) is 0 Å². The second kappa shape index (κ2) is 6.04. The predicted molar refractivity (Wildman–Crippen MR) is 59.4 cm³/mol. The van der Waals surface area contributed by atoms with Crippen LogP contribution in [0.15, 0.2) is 24.3 Å². The minimum absolute atomic E-state index is 0.186. The second-order valence-corrected chi connectivity index (χ2v) is 4.07. The van der Waals surface area contributed by atoms with Crippen LogP contribution in [0.2, 0.25) is 0 Å². The van der Waals surface area contributed by atoms with E-state index >= 15 is 0 Å². The molecular formula is C11H15FOS. The third-order valence-electron chi connectivity index (χ3n) is 2.08. The molecule has 1 aromatic carbocycles. The van der Waals surface area contributed by atoms with Crippen molar-refractivity contribution in [2.24, 2.45) is 0 Å². The van der Waals surface area contributed by atoms with E-state index < -0.39 is 0 Å². The zero-order chi connectivity index (χ0) is 10.4. The zero-order valence-corrected chi connectivity index (χ0v) is 9.31. The lowest BCUT2D eigenvalue weighted by molar-refractivity contribution is 0.185. The summed E-state index contributed by atoms with van der Waals surface area (Å²) in [6, 6.07) is 6.65. The smallest absolute Gasteiger partial charge is 0.123 e. The van der Waals surface area contributed by atoms with Gasteiger partial charge in [-0.1, -0.05) is 12.1 Å². The molecule has 1 nitrogen and oxygen atoms in total. The van der Waals surface area contributed by atoms with Crippen molar-refractivity contribution in [3.05, 3.63) is 35.6 Å². The van der Waals surface area contributed by atoms with E-state index in [0.29, 0.717) is 12.5 Å². The second-order valence-electron chi connectivity index (χ2n) is 3.16. The largest absolute Gasteiger partial charge is 0.384 e. The number of rotatable bonds is 5. The Bertz CT molecular complexity index is 254. The van der Waals surface area contributed by atoms with E-state index in [0.717, 1.165) is 11.3 Å². The van der Waals surface area contributed by atoms with Gasteiger partial charge in [-0.05, 0) is 24.0 Å². The van der Waals surface area contributed by atoms with Crippen LogP contribution in [0.5, 0.6) is 0 Å². The van der Waals surface area contributed by atoms with Crippen molar-refractivity contribution in [2.75, 3.05) is 25.7 Å². The van der Waals surface area contributed by atoms with Gasteiger partial charge < -0.3 is 4.74 Å². The monoisotopic (exact) mass is 214 g/mol. The highest BCUT2D eigenvalue weighted by Crippen LogP contribution is 2.20. The Morgan fingerprint density at radius 3 is 2.50 bits per heavy atom. The van der Waals surface area contributed by atoms with Crippen molar-refractivity contribution in [2.45, 2.75) is 5.92 Å². The molecule has 0 radical (unpaired) electrons. The molecule has 0 saturated carbocycles. The Labute approximate surface area is 88.7 Å². The van der Waals surface area contributed by atoms with Crippen LogP contribution in [0.4, 0.5) is 4.39 Å². The molecule has 1 rings (SSSR count). The zero-order valence-electron chi connectivity index (χ0n) is 8.50. The SMILES string of the molecule is COCC(CSC)c1ccc(F)cc1. The molecule has 78 valence electrons. The Balaban J connectivity index is 2.71. The lowest BCUT2D eigenvalue weighted by atomic mass is 10.0. The molecule has 0 heterocycles. The van der Waals surface area contributed by atoms with Crippen molar-refractivity contribution in [3.8, 4) is 0 Å². The average molecular weight is 214 g/mol. The first-order valence-corrected chi connectivity index (χ1v) is 5.90. The molecule has 0 saturated heterocycles. The van der Waals surface area contributed by atoms with E-state index in [1.54, 1.807) is 18.9 Å². The molecule has 0 aliphatic carbocycles. The number of benzene rings is 1. The lowest BCUT2D eigenvalue weighted by Crippen LogP contribution is -2.08. The van der Waals surface area contributed by atoms with E-state index in [9.17, 15) is 4.39 Å². The number of methoxy groups -OCH3 is 1. The van der Waals surface area contributed by atoms with E-state index in [2.05, 4.69) is 6.26 Å². The number of hydrogen-bond donors (Lipinski definition) is 0. The Hall–Kier alpha value is -0.540. The Morgan fingerprint density at radius 2 is 2.00 bits per heavy atom. The van der Waals surface area contributed by atoms with Crippen molar-refractivity contribution < 1.29 is 9.13 Å². The fourth-order valence-corrected chi connectivity index (χ4v) is 2.07. The van der Waals surface area contributed by atoms with E-state index in [1.165, 1.54) is 12.1 Å². The fourth-order valence-electron chi connectivity index (χ4n) is 1.38. The van der Waals surface area contributed by atoms with Crippen molar-refractivity contribution in [1.82, 2.24) is 0 Å². The van der Waals surface area contributed by atoms with Crippen LogP contribution < -0.4 is 0 Å². The minimum Gasteiger partial charge on any atom is -0.384 e. The summed E-state index contributed by atoms with van der Waals surface area (Å²) >= 11 is 1.77. The molecule has 0 bridgehead atoms. The van der Waals surface area contributed by atoms with Crippen LogP contribution in [-0.4, -0.2) is 25.7 Å². The minimum atomic E-state index is -0.186. The maximum absolute atomic E-state index is 12.7. The molecule has 0 aliphatic rings. The molecule has 0 spiro atoms. The maximum Gasteiger partial charge on any atom is 0.123 e. The van der Waals surface area contributed by atoms with Crippen molar-refractivity contribution in [1.29, 1.82) is 0 Å². The average Bonchev–Trinajstić information content (AvgIpc) is 2.19. The van der Waals surface area contributed by atoms with Crippen molar-refractivity contribution >= 4 is 11.8 Å². The molecule has 1 atom stereocenters. The highest BCUT2D eigenvalue weighted by Gasteiger charge is 2.10. The van der Waals surface area contributed by atoms with Gasteiger partial charge in [0.2, 0.25) is 0 Å². The van der Waals surface area contributed by atoms with Gasteiger partial charge in [-0.25, -0.2) is 4.39 Å². The van der Waals surface area contributed by atoms with Crippen LogP contribution in [0, 0.1) is 5.82 Å². The first-order valence-electron chi connectivity index (χ1n) is 4.51. The molecule has 0 aliphatic heterocycles. The summed E-state index contributed by atoms with van der Waals surface area (Å²) in [6.07, 6.45) is 2.06. The van der Waals surface area contributed by atoms with Gasteiger partial charge in [0.1, 0.15) is 5.82 Å². The first kappa shape index (κ1) is 11.5. The number of thioether (sulfide) groups is 1. The van der Waals surface area contributed by atoms with Crippen LogP contribution in [-0.2, 0) is 4.74 Å². The Morgan fingerprint density at radius 1 is 1.36 bits per heavy atom. The number of hydrogen-bond acceptors (Lipinski definition) is 2. The molecule has 14 heavy (non-hydrogen) atoms. The molecule has 0 fully saturated rings. The molecule has 0 N–H and O–H groups in total. The van der Waals surface area contributed by atoms with E-state index in [4.69, 9.17) is 4.74 Å². The summed E-state index contributed by atoms with van der Waals surface area (Å²) in [5, 5.41) is 0. The molecule has 1 aromatic rings. The summed E-state index contributed by atoms with van der Waals surface area (Å²) in [7, 11) is 1.69. The van der Waals surface area contributed by atoms with Gasteiger partial charge in [-0.2, -0.15) is 11.8 Å². The van der Waals surface area contributed by atoms with Crippen LogP contribution in [0.1, 0.15) is 11.5 Å². The third-order valence-corrected chi connectivity index (χ3v) is 2.81. The summed E-state index contributed by atoms with van der Waals surface area (Å²) < 4.78 is 17.8. The topological polar surface area (TPSA) is 9.23 Å². The molecule has 1 unspecified atom stereocenters. The normalized spacial score (nSPS) is 12.8. The summed E-state index contributed by atoms with van der Waals surface area (Å²) in [5.41, 5.74) is 1.14. The van der Waals surface area contributed by atoms with E-state index in [-0.39, 0.29) is 5.82 Å². The lowest BCUT2D eigenvalue weighted by Gasteiger charge is -2.14. The quantitative estimate of drug-likeness (QED) is 0.745. The third kappa shape index (κ3) is 3.31. The molecule has 0 amide bonds. The summed E-state index contributed by atoms with van der Waals surface area (Å²) in [6.45, 7) is 0.687. The first-order chi connectivity index (χ1) is 6.77.